The Labute approximate surface area is 154 Å². The van der Waals surface area contributed by atoms with Crippen LogP contribution in [0.5, 0.6) is 5.19 Å². The summed E-state index contributed by atoms with van der Waals surface area (Å²) < 4.78 is 7.18. The van der Waals surface area contributed by atoms with E-state index in [9.17, 15) is 9.59 Å². The van der Waals surface area contributed by atoms with Crippen molar-refractivity contribution in [3.8, 4) is 5.19 Å². The molecule has 1 aliphatic rings. The quantitative estimate of drug-likeness (QED) is 0.770. The van der Waals surface area contributed by atoms with Gasteiger partial charge in [-0.3, -0.25) is 9.59 Å². The predicted octanol–water partition coefficient (Wildman–Crippen LogP) is 2.98. The molecular weight excluding hydrogens is 350 g/mol. The van der Waals surface area contributed by atoms with E-state index >= 15 is 0 Å². The van der Waals surface area contributed by atoms with Crippen LogP contribution in [0.2, 0.25) is 0 Å². The first-order valence-corrected chi connectivity index (χ1v) is 9.43. The number of rotatable bonds is 3. The third-order valence-electron chi connectivity index (χ3n) is 4.65. The number of ether oxygens (including phenoxy) is 1. The first kappa shape index (κ1) is 16.8. The second-order valence-electron chi connectivity index (χ2n) is 6.42. The monoisotopic (exact) mass is 369 g/mol. The number of para-hydroxylation sites is 1. The number of piperidine rings is 1. The highest BCUT2D eigenvalue weighted by Crippen LogP contribution is 2.31. The van der Waals surface area contributed by atoms with Crippen molar-refractivity contribution >= 4 is 27.5 Å². The summed E-state index contributed by atoms with van der Waals surface area (Å²) in [7, 11) is 0. The van der Waals surface area contributed by atoms with Gasteiger partial charge in [-0.1, -0.05) is 23.5 Å². The Morgan fingerprint density at radius 2 is 2.08 bits per heavy atom. The van der Waals surface area contributed by atoms with E-state index in [1.54, 1.807) is 28.4 Å². The van der Waals surface area contributed by atoms with Gasteiger partial charge in [-0.25, -0.2) is 4.98 Å². The molecule has 1 saturated heterocycles. The van der Waals surface area contributed by atoms with Crippen molar-refractivity contribution in [1.82, 2.24) is 14.9 Å². The van der Waals surface area contributed by atoms with Crippen LogP contribution < -0.4 is 10.3 Å². The Morgan fingerprint density at radius 1 is 1.27 bits per heavy atom. The first-order chi connectivity index (χ1) is 12.6. The van der Waals surface area contributed by atoms with Gasteiger partial charge in [0.15, 0.2) is 0 Å². The Bertz CT molecular complexity index is 1000. The van der Waals surface area contributed by atoms with E-state index in [-0.39, 0.29) is 23.1 Å². The van der Waals surface area contributed by atoms with Gasteiger partial charge in [-0.2, -0.15) is 0 Å². The van der Waals surface area contributed by atoms with Crippen LogP contribution in [0.4, 0.5) is 0 Å². The molecule has 3 aromatic rings. The van der Waals surface area contributed by atoms with Crippen LogP contribution in [0.3, 0.4) is 0 Å². The SMILES string of the molecule is Cc1cccc2sc(OC3CCN(C(=O)c4ccc[nH]c4=O)CC3)nc12. The van der Waals surface area contributed by atoms with Crippen molar-refractivity contribution < 1.29 is 9.53 Å². The van der Waals surface area contributed by atoms with Gasteiger partial charge in [0.25, 0.3) is 16.7 Å². The van der Waals surface area contributed by atoms with Crippen LogP contribution in [0.1, 0.15) is 28.8 Å². The van der Waals surface area contributed by atoms with Crippen LogP contribution in [-0.4, -0.2) is 40.0 Å². The molecule has 2 aromatic heterocycles. The number of hydrogen-bond acceptors (Lipinski definition) is 5. The highest BCUT2D eigenvalue weighted by molar-refractivity contribution is 7.20. The van der Waals surface area contributed by atoms with Crippen molar-refractivity contribution in [3.63, 3.8) is 0 Å². The van der Waals surface area contributed by atoms with E-state index in [0.717, 1.165) is 28.6 Å². The van der Waals surface area contributed by atoms with Gasteiger partial charge in [0.05, 0.1) is 10.2 Å². The standard InChI is InChI=1S/C19H19N3O3S/c1-12-4-2-6-15-16(12)21-19(26-15)25-13-7-10-22(11-8-13)18(24)14-5-3-9-20-17(14)23/h2-6,9,13H,7-8,10-11H2,1H3,(H,20,23). The number of nitrogens with one attached hydrogen (secondary N) is 1. The van der Waals surface area contributed by atoms with Crippen molar-refractivity contribution in [3.05, 3.63) is 58.0 Å². The van der Waals surface area contributed by atoms with Gasteiger partial charge < -0.3 is 14.6 Å². The van der Waals surface area contributed by atoms with Gasteiger partial charge >= 0.3 is 0 Å². The molecule has 0 bridgehead atoms. The lowest BCUT2D eigenvalue weighted by Crippen LogP contribution is -2.43. The molecule has 134 valence electrons. The average molecular weight is 369 g/mol. The summed E-state index contributed by atoms with van der Waals surface area (Å²) in [6, 6.07) is 9.34. The number of thiazole rings is 1. The van der Waals surface area contributed by atoms with Crippen LogP contribution in [0.25, 0.3) is 10.2 Å². The van der Waals surface area contributed by atoms with E-state index in [1.807, 2.05) is 25.1 Å². The van der Waals surface area contributed by atoms with Gasteiger partial charge in [0.2, 0.25) is 0 Å². The Balaban J connectivity index is 1.40. The zero-order chi connectivity index (χ0) is 18.1. The van der Waals surface area contributed by atoms with Gasteiger partial charge in [-0.15, -0.1) is 0 Å². The molecule has 1 fully saturated rings. The molecule has 4 rings (SSSR count). The van der Waals surface area contributed by atoms with E-state index in [2.05, 4.69) is 9.97 Å². The van der Waals surface area contributed by atoms with Crippen LogP contribution in [-0.2, 0) is 0 Å². The number of benzene rings is 1. The fraction of sp³-hybridized carbons (Fsp3) is 0.316. The van der Waals surface area contributed by atoms with Crippen molar-refractivity contribution in [2.45, 2.75) is 25.9 Å². The zero-order valence-corrected chi connectivity index (χ0v) is 15.2. The summed E-state index contributed by atoms with van der Waals surface area (Å²) in [5, 5.41) is 0.679. The summed E-state index contributed by atoms with van der Waals surface area (Å²) in [5.41, 5.74) is 1.97. The number of amides is 1. The van der Waals surface area contributed by atoms with E-state index < -0.39 is 0 Å². The average Bonchev–Trinajstić information content (AvgIpc) is 3.06. The molecule has 1 aliphatic heterocycles. The Hall–Kier alpha value is -2.67. The number of hydrogen-bond donors (Lipinski definition) is 1. The maximum atomic E-state index is 12.5. The number of carbonyl (C=O) groups is 1. The number of likely N-dealkylation sites (tertiary alicyclic amines) is 1. The molecule has 26 heavy (non-hydrogen) atoms. The zero-order valence-electron chi connectivity index (χ0n) is 14.4. The fourth-order valence-corrected chi connectivity index (χ4v) is 4.16. The van der Waals surface area contributed by atoms with Crippen LogP contribution in [0.15, 0.2) is 41.3 Å². The lowest BCUT2D eigenvalue weighted by molar-refractivity contribution is 0.0594. The summed E-state index contributed by atoms with van der Waals surface area (Å²) in [4.78, 5) is 33.1. The predicted molar refractivity (Wildman–Crippen MR) is 101 cm³/mol. The molecule has 0 unspecified atom stereocenters. The minimum absolute atomic E-state index is 0.0361. The largest absolute Gasteiger partial charge is 0.467 e. The third kappa shape index (κ3) is 3.22. The number of aryl methyl sites for hydroxylation is 1. The lowest BCUT2D eigenvalue weighted by Gasteiger charge is -2.31. The van der Waals surface area contributed by atoms with Gasteiger partial charge in [-0.05, 0) is 30.7 Å². The molecule has 0 spiro atoms. The minimum Gasteiger partial charge on any atom is -0.467 e. The number of aromatic nitrogens is 2. The first-order valence-electron chi connectivity index (χ1n) is 8.61. The molecule has 6 nitrogen and oxygen atoms in total. The molecule has 0 atom stereocenters. The lowest BCUT2D eigenvalue weighted by atomic mass is 10.1. The number of H-pyrrole nitrogens is 1. The molecule has 0 aliphatic carbocycles. The number of pyridine rings is 1. The molecular formula is C19H19N3O3S. The minimum atomic E-state index is -0.347. The second-order valence-corrected chi connectivity index (χ2v) is 7.42. The molecule has 1 N–H and O–H groups in total. The Morgan fingerprint density at radius 3 is 2.81 bits per heavy atom. The topological polar surface area (TPSA) is 75.3 Å². The molecule has 1 aromatic carbocycles. The second kappa shape index (κ2) is 6.92. The number of fused-ring (bicyclic) bond motifs is 1. The molecule has 3 heterocycles. The number of nitrogens with zero attached hydrogens (tertiary/aromatic N) is 2. The highest BCUT2D eigenvalue weighted by Gasteiger charge is 2.26. The van der Waals surface area contributed by atoms with Crippen LogP contribution in [0, 0.1) is 6.92 Å². The third-order valence-corrected chi connectivity index (χ3v) is 5.56. The Kier molecular flexibility index (Phi) is 4.46. The summed E-state index contributed by atoms with van der Waals surface area (Å²) in [5.74, 6) is -0.221. The maximum Gasteiger partial charge on any atom is 0.274 e. The van der Waals surface area contributed by atoms with E-state index in [0.29, 0.717) is 18.3 Å². The highest BCUT2D eigenvalue weighted by atomic mass is 32.1. The van der Waals surface area contributed by atoms with E-state index in [4.69, 9.17) is 4.74 Å². The van der Waals surface area contributed by atoms with E-state index in [1.165, 1.54) is 6.20 Å². The smallest absolute Gasteiger partial charge is 0.274 e. The molecule has 0 radical (unpaired) electrons. The summed E-state index contributed by atoms with van der Waals surface area (Å²) >= 11 is 1.55. The van der Waals surface area contributed by atoms with Crippen molar-refractivity contribution in [1.29, 1.82) is 0 Å². The van der Waals surface area contributed by atoms with Gasteiger partial charge in [0.1, 0.15) is 11.7 Å². The molecule has 1 amide bonds. The van der Waals surface area contributed by atoms with Crippen LogP contribution >= 0.6 is 11.3 Å². The summed E-state index contributed by atoms with van der Waals surface area (Å²) in [6.07, 6.45) is 3.02. The normalized spacial score (nSPS) is 15.3. The summed E-state index contributed by atoms with van der Waals surface area (Å²) in [6.45, 7) is 3.19. The fourth-order valence-electron chi connectivity index (χ4n) is 3.20. The number of carbonyl (C=O) groups excluding carboxylic acids is 1. The number of aromatic amines is 1. The van der Waals surface area contributed by atoms with Gasteiger partial charge in [0, 0.05) is 32.1 Å². The van der Waals surface area contributed by atoms with Crippen molar-refractivity contribution in [2.75, 3.05) is 13.1 Å². The molecule has 0 saturated carbocycles. The van der Waals surface area contributed by atoms with Crippen molar-refractivity contribution in [2.24, 2.45) is 0 Å². The maximum absolute atomic E-state index is 12.5. The molecule has 7 heteroatoms.